The monoisotopic (exact) mass is 296 g/mol. The minimum absolute atomic E-state index is 0.0143. The molecule has 2 aromatic carbocycles. The van der Waals surface area contributed by atoms with Crippen molar-refractivity contribution in [2.45, 2.75) is 6.54 Å². The summed E-state index contributed by atoms with van der Waals surface area (Å²) in [6.07, 6.45) is 0. The van der Waals surface area contributed by atoms with Crippen LogP contribution in [0.4, 0.5) is 14.5 Å². The summed E-state index contributed by atoms with van der Waals surface area (Å²) in [4.78, 5) is 10.9. The average Bonchev–Trinajstić information content (AvgIpc) is 2.41. The molecule has 0 fully saturated rings. The summed E-state index contributed by atoms with van der Waals surface area (Å²) in [5, 5.41) is 2.90. The first-order valence-corrected chi connectivity index (χ1v) is 6.12. The molecule has 1 amide bonds. The Hall–Kier alpha value is -2.14. The molecule has 104 valence electrons. The van der Waals surface area contributed by atoms with Gasteiger partial charge in [-0.3, -0.25) is 4.79 Å². The summed E-state index contributed by atoms with van der Waals surface area (Å²) in [5.74, 6) is -1.75. The van der Waals surface area contributed by atoms with Gasteiger partial charge in [0.05, 0.1) is 5.02 Å². The van der Waals surface area contributed by atoms with Crippen molar-refractivity contribution in [2.75, 3.05) is 5.32 Å². The molecular formula is C14H11ClF2N2O. The van der Waals surface area contributed by atoms with E-state index in [2.05, 4.69) is 5.32 Å². The molecule has 0 aliphatic heterocycles. The van der Waals surface area contributed by atoms with E-state index in [4.69, 9.17) is 17.3 Å². The second-order valence-electron chi connectivity index (χ2n) is 4.15. The number of nitrogens with one attached hydrogen (secondary N) is 1. The first-order valence-electron chi connectivity index (χ1n) is 5.74. The van der Waals surface area contributed by atoms with E-state index in [1.165, 1.54) is 30.3 Å². The number of benzene rings is 2. The lowest BCUT2D eigenvalue weighted by Crippen LogP contribution is -2.12. The van der Waals surface area contributed by atoms with Crippen LogP contribution >= 0.6 is 11.6 Å². The summed E-state index contributed by atoms with van der Waals surface area (Å²) in [7, 11) is 0. The molecule has 6 heteroatoms. The van der Waals surface area contributed by atoms with E-state index >= 15 is 0 Å². The molecule has 0 unspecified atom stereocenters. The molecule has 2 aromatic rings. The summed E-state index contributed by atoms with van der Waals surface area (Å²) in [5.41, 5.74) is 6.09. The SMILES string of the molecule is NC(=O)c1ccc(CNc2ccc(F)c(Cl)c2)c(F)c1. The Morgan fingerprint density at radius 1 is 1.15 bits per heavy atom. The van der Waals surface area contributed by atoms with E-state index in [0.29, 0.717) is 11.3 Å². The Bertz CT molecular complexity index is 662. The maximum atomic E-state index is 13.7. The molecule has 0 saturated carbocycles. The molecule has 0 bridgehead atoms. The van der Waals surface area contributed by atoms with E-state index in [9.17, 15) is 13.6 Å². The number of carbonyl (C=O) groups excluding carboxylic acids is 1. The van der Waals surface area contributed by atoms with Crippen LogP contribution in [-0.4, -0.2) is 5.91 Å². The zero-order valence-electron chi connectivity index (χ0n) is 10.3. The Balaban J connectivity index is 2.10. The van der Waals surface area contributed by atoms with Gasteiger partial charge in [-0.2, -0.15) is 0 Å². The maximum absolute atomic E-state index is 13.7. The number of anilines is 1. The smallest absolute Gasteiger partial charge is 0.248 e. The maximum Gasteiger partial charge on any atom is 0.248 e. The predicted molar refractivity (Wildman–Crippen MR) is 73.7 cm³/mol. The highest BCUT2D eigenvalue weighted by molar-refractivity contribution is 6.31. The third-order valence-electron chi connectivity index (χ3n) is 2.74. The summed E-state index contributed by atoms with van der Waals surface area (Å²) < 4.78 is 26.7. The molecule has 20 heavy (non-hydrogen) atoms. The van der Waals surface area contributed by atoms with Gasteiger partial charge in [-0.15, -0.1) is 0 Å². The molecule has 2 rings (SSSR count). The zero-order chi connectivity index (χ0) is 14.7. The number of hydrogen-bond donors (Lipinski definition) is 2. The highest BCUT2D eigenvalue weighted by Crippen LogP contribution is 2.20. The standard InChI is InChI=1S/C14H11ClF2N2O/c15-11-6-10(3-4-12(11)16)19-7-9-2-1-8(14(18)20)5-13(9)17/h1-6,19H,7H2,(H2,18,20). The van der Waals surface area contributed by atoms with Crippen molar-refractivity contribution in [1.82, 2.24) is 0 Å². The van der Waals surface area contributed by atoms with Gasteiger partial charge in [0.25, 0.3) is 0 Å². The zero-order valence-corrected chi connectivity index (χ0v) is 11.0. The van der Waals surface area contributed by atoms with Gasteiger partial charge in [0.15, 0.2) is 0 Å². The summed E-state index contributed by atoms with van der Waals surface area (Å²) >= 11 is 5.64. The lowest BCUT2D eigenvalue weighted by molar-refractivity contribution is 0.1000. The van der Waals surface area contributed by atoms with Gasteiger partial charge in [-0.1, -0.05) is 17.7 Å². The van der Waals surface area contributed by atoms with Crippen molar-refractivity contribution in [3.8, 4) is 0 Å². The van der Waals surface area contributed by atoms with Gasteiger partial charge in [-0.25, -0.2) is 8.78 Å². The van der Waals surface area contributed by atoms with Crippen LogP contribution in [0.1, 0.15) is 15.9 Å². The van der Waals surface area contributed by atoms with Crippen molar-refractivity contribution >= 4 is 23.2 Å². The van der Waals surface area contributed by atoms with Crippen LogP contribution in [-0.2, 0) is 6.54 Å². The van der Waals surface area contributed by atoms with Crippen LogP contribution in [0.25, 0.3) is 0 Å². The van der Waals surface area contributed by atoms with Crippen LogP contribution in [0.3, 0.4) is 0 Å². The van der Waals surface area contributed by atoms with Gasteiger partial charge in [0.1, 0.15) is 11.6 Å². The molecule has 0 spiro atoms. The van der Waals surface area contributed by atoms with Crippen molar-refractivity contribution in [2.24, 2.45) is 5.73 Å². The quantitative estimate of drug-likeness (QED) is 0.909. The van der Waals surface area contributed by atoms with E-state index in [1.54, 1.807) is 0 Å². The number of nitrogens with two attached hydrogens (primary N) is 1. The first kappa shape index (κ1) is 14.3. The second-order valence-corrected chi connectivity index (χ2v) is 4.56. The van der Waals surface area contributed by atoms with Crippen molar-refractivity contribution in [1.29, 1.82) is 0 Å². The Morgan fingerprint density at radius 2 is 1.90 bits per heavy atom. The minimum atomic E-state index is -0.686. The highest BCUT2D eigenvalue weighted by atomic mass is 35.5. The number of carbonyl (C=O) groups is 1. The number of rotatable bonds is 4. The topological polar surface area (TPSA) is 55.1 Å². The van der Waals surface area contributed by atoms with Gasteiger partial charge in [-0.05, 0) is 30.3 Å². The lowest BCUT2D eigenvalue weighted by atomic mass is 10.1. The molecule has 0 radical (unpaired) electrons. The molecular weight excluding hydrogens is 286 g/mol. The average molecular weight is 297 g/mol. The van der Waals surface area contributed by atoms with Crippen LogP contribution in [0.5, 0.6) is 0 Å². The largest absolute Gasteiger partial charge is 0.381 e. The first-order chi connectivity index (χ1) is 9.47. The molecule has 3 N–H and O–H groups in total. The third kappa shape index (κ3) is 3.24. The molecule has 0 aliphatic rings. The lowest BCUT2D eigenvalue weighted by Gasteiger charge is -2.09. The summed E-state index contributed by atoms with van der Waals surface area (Å²) in [6.45, 7) is 0.173. The van der Waals surface area contributed by atoms with Crippen LogP contribution < -0.4 is 11.1 Å². The van der Waals surface area contributed by atoms with Gasteiger partial charge < -0.3 is 11.1 Å². The molecule has 0 aromatic heterocycles. The number of amides is 1. The molecule has 0 heterocycles. The Morgan fingerprint density at radius 3 is 2.50 bits per heavy atom. The molecule has 0 saturated heterocycles. The second kappa shape index (κ2) is 5.88. The van der Waals surface area contributed by atoms with Gasteiger partial charge in [0.2, 0.25) is 5.91 Å². The van der Waals surface area contributed by atoms with E-state index in [-0.39, 0.29) is 17.1 Å². The van der Waals surface area contributed by atoms with E-state index < -0.39 is 17.5 Å². The summed E-state index contributed by atoms with van der Waals surface area (Å²) in [6, 6.07) is 8.12. The predicted octanol–water partition coefficient (Wildman–Crippen LogP) is 3.33. The number of hydrogen-bond acceptors (Lipinski definition) is 2. The van der Waals surface area contributed by atoms with Crippen molar-refractivity contribution in [3.63, 3.8) is 0 Å². The molecule has 0 atom stereocenters. The fourth-order valence-corrected chi connectivity index (χ4v) is 1.83. The highest BCUT2D eigenvalue weighted by Gasteiger charge is 2.07. The van der Waals surface area contributed by atoms with Crippen molar-refractivity contribution in [3.05, 3.63) is 64.2 Å². The fraction of sp³-hybridized carbons (Fsp3) is 0.0714. The van der Waals surface area contributed by atoms with Crippen LogP contribution in [0.15, 0.2) is 36.4 Å². The van der Waals surface area contributed by atoms with Gasteiger partial charge in [0, 0.05) is 23.4 Å². The Labute approximate surface area is 119 Å². The minimum Gasteiger partial charge on any atom is -0.381 e. The molecule has 0 aliphatic carbocycles. The fourth-order valence-electron chi connectivity index (χ4n) is 1.65. The third-order valence-corrected chi connectivity index (χ3v) is 3.03. The van der Waals surface area contributed by atoms with Gasteiger partial charge >= 0.3 is 0 Å². The normalized spacial score (nSPS) is 10.3. The van der Waals surface area contributed by atoms with Crippen LogP contribution in [0, 0.1) is 11.6 Å². The van der Waals surface area contributed by atoms with Crippen LogP contribution in [0.2, 0.25) is 5.02 Å². The number of primary amides is 1. The number of halogens is 3. The Kier molecular flexibility index (Phi) is 4.20. The van der Waals surface area contributed by atoms with Crippen molar-refractivity contribution < 1.29 is 13.6 Å². The van der Waals surface area contributed by atoms with E-state index in [1.807, 2.05) is 0 Å². The molecule has 3 nitrogen and oxygen atoms in total. The van der Waals surface area contributed by atoms with E-state index in [0.717, 1.165) is 6.07 Å².